The van der Waals surface area contributed by atoms with Crippen LogP contribution in [0.3, 0.4) is 0 Å². The monoisotopic (exact) mass is 451 g/mol. The van der Waals surface area contributed by atoms with Crippen molar-refractivity contribution in [2.45, 2.75) is 31.5 Å². The average molecular weight is 451 g/mol. The molecular weight excluding hydrogens is 424 g/mol. The van der Waals surface area contributed by atoms with Gasteiger partial charge in [-0.1, -0.05) is 12.1 Å². The Hall–Kier alpha value is -0.930. The lowest BCUT2D eigenvalue weighted by Crippen LogP contribution is -2.46. The van der Waals surface area contributed by atoms with Crippen molar-refractivity contribution >= 4 is 29.9 Å². The summed E-state index contributed by atoms with van der Waals surface area (Å²) in [5, 5.41) is 6.53. The first-order chi connectivity index (χ1) is 11.1. The molecule has 0 aliphatic carbocycles. The second-order valence-electron chi connectivity index (χ2n) is 5.98. The third kappa shape index (κ3) is 6.18. The molecule has 0 aromatic heterocycles. The number of nitrogens with one attached hydrogen (secondary N) is 2. The number of methoxy groups -OCH3 is 1. The van der Waals surface area contributed by atoms with Gasteiger partial charge in [0.15, 0.2) is 5.96 Å². The molecular formula is C17H27FIN3O2. The summed E-state index contributed by atoms with van der Waals surface area (Å²) in [7, 11) is 3.37. The Morgan fingerprint density at radius 1 is 1.38 bits per heavy atom. The van der Waals surface area contributed by atoms with Crippen molar-refractivity contribution in [1.29, 1.82) is 0 Å². The van der Waals surface area contributed by atoms with E-state index in [2.05, 4.69) is 22.5 Å². The summed E-state index contributed by atoms with van der Waals surface area (Å²) in [6, 6.07) is 6.34. The maximum atomic E-state index is 13.0. The maximum absolute atomic E-state index is 13.0. The van der Waals surface area contributed by atoms with Crippen molar-refractivity contribution in [1.82, 2.24) is 10.6 Å². The van der Waals surface area contributed by atoms with E-state index in [1.807, 2.05) is 0 Å². The van der Waals surface area contributed by atoms with Crippen molar-refractivity contribution in [3.63, 3.8) is 0 Å². The van der Waals surface area contributed by atoms with Gasteiger partial charge in [-0.2, -0.15) is 0 Å². The zero-order valence-electron chi connectivity index (χ0n) is 14.5. The van der Waals surface area contributed by atoms with Gasteiger partial charge < -0.3 is 20.1 Å². The molecule has 1 aliphatic heterocycles. The van der Waals surface area contributed by atoms with E-state index in [1.54, 1.807) is 26.3 Å². The van der Waals surface area contributed by atoms with Crippen molar-refractivity contribution in [3.8, 4) is 0 Å². The molecule has 0 bridgehead atoms. The van der Waals surface area contributed by atoms with Crippen LogP contribution in [0.25, 0.3) is 0 Å². The molecule has 1 aromatic rings. The van der Waals surface area contributed by atoms with Crippen LogP contribution in [0.2, 0.25) is 0 Å². The third-order valence-corrected chi connectivity index (χ3v) is 4.14. The predicted molar refractivity (Wildman–Crippen MR) is 105 cm³/mol. The van der Waals surface area contributed by atoms with Gasteiger partial charge in [0.2, 0.25) is 0 Å². The summed E-state index contributed by atoms with van der Waals surface area (Å²) >= 11 is 0. The van der Waals surface area contributed by atoms with Crippen LogP contribution in [0.4, 0.5) is 4.39 Å². The minimum atomic E-state index is -0.251. The molecule has 0 spiro atoms. The van der Waals surface area contributed by atoms with Gasteiger partial charge >= 0.3 is 0 Å². The lowest BCUT2D eigenvalue weighted by molar-refractivity contribution is 0.0242. The summed E-state index contributed by atoms with van der Waals surface area (Å²) < 4.78 is 24.2. The van der Waals surface area contributed by atoms with Crippen LogP contribution in [-0.2, 0) is 9.47 Å². The maximum Gasteiger partial charge on any atom is 0.191 e. The number of nitrogens with zero attached hydrogens (tertiary/aromatic N) is 1. The van der Waals surface area contributed by atoms with E-state index in [0.29, 0.717) is 19.0 Å². The molecule has 5 nitrogen and oxygen atoms in total. The molecule has 0 amide bonds. The highest BCUT2D eigenvalue weighted by Gasteiger charge is 2.29. The summed E-state index contributed by atoms with van der Waals surface area (Å²) in [5.41, 5.74) is 0.790. The molecule has 1 saturated heterocycles. The fraction of sp³-hybridized carbons (Fsp3) is 0.588. The Morgan fingerprint density at radius 3 is 2.62 bits per heavy atom. The van der Waals surface area contributed by atoms with Gasteiger partial charge in [0.25, 0.3) is 0 Å². The van der Waals surface area contributed by atoms with E-state index in [-0.39, 0.29) is 41.5 Å². The summed E-state index contributed by atoms with van der Waals surface area (Å²) in [6.45, 7) is 4.18. The molecule has 136 valence electrons. The van der Waals surface area contributed by atoms with Crippen LogP contribution in [0.15, 0.2) is 29.3 Å². The summed E-state index contributed by atoms with van der Waals surface area (Å²) in [6.07, 6.45) is 1.97. The molecule has 1 aromatic carbocycles. The molecule has 1 aliphatic rings. The van der Waals surface area contributed by atoms with Gasteiger partial charge in [-0.3, -0.25) is 4.99 Å². The fourth-order valence-corrected chi connectivity index (χ4v) is 2.67. The Kier molecular flexibility index (Phi) is 8.93. The number of rotatable bonds is 6. The molecule has 1 fully saturated rings. The second-order valence-corrected chi connectivity index (χ2v) is 5.98. The third-order valence-electron chi connectivity index (χ3n) is 4.14. The molecule has 2 unspecified atom stereocenters. The van der Waals surface area contributed by atoms with Crippen LogP contribution in [0, 0.1) is 5.82 Å². The molecule has 2 rings (SSSR count). The molecule has 1 heterocycles. The average Bonchev–Trinajstić information content (AvgIpc) is 2.99. The minimum Gasteiger partial charge on any atom is -0.375 e. The predicted octanol–water partition coefficient (Wildman–Crippen LogP) is 2.87. The van der Waals surface area contributed by atoms with Crippen molar-refractivity contribution in [2.75, 3.05) is 33.9 Å². The van der Waals surface area contributed by atoms with E-state index in [4.69, 9.17) is 9.47 Å². The molecule has 2 atom stereocenters. The largest absolute Gasteiger partial charge is 0.375 e. The molecule has 0 radical (unpaired) electrons. The molecule has 0 saturated carbocycles. The number of guanidine groups is 1. The first-order valence-electron chi connectivity index (χ1n) is 7.93. The Labute approximate surface area is 160 Å². The SMILES string of the molecule is CN=C(NCC(OC)c1ccc(F)cc1)NCC1(C)CCCO1.I. The van der Waals surface area contributed by atoms with Crippen molar-refractivity contribution in [3.05, 3.63) is 35.6 Å². The molecule has 2 N–H and O–H groups in total. The highest BCUT2D eigenvalue weighted by atomic mass is 127. The number of benzene rings is 1. The van der Waals surface area contributed by atoms with Crippen molar-refractivity contribution < 1.29 is 13.9 Å². The van der Waals surface area contributed by atoms with Gasteiger partial charge in [0.1, 0.15) is 5.82 Å². The first-order valence-corrected chi connectivity index (χ1v) is 7.93. The quantitative estimate of drug-likeness (QED) is 0.397. The van der Waals surface area contributed by atoms with E-state index in [0.717, 1.165) is 25.0 Å². The van der Waals surface area contributed by atoms with Gasteiger partial charge in [-0.25, -0.2) is 4.39 Å². The van der Waals surface area contributed by atoms with E-state index in [1.165, 1.54) is 12.1 Å². The Balaban J connectivity index is 0.00000288. The molecule has 7 heteroatoms. The lowest BCUT2D eigenvalue weighted by Gasteiger charge is -2.25. The first kappa shape index (κ1) is 21.1. The van der Waals surface area contributed by atoms with Gasteiger partial charge in [0.05, 0.1) is 11.7 Å². The van der Waals surface area contributed by atoms with Crippen LogP contribution >= 0.6 is 24.0 Å². The molecule has 24 heavy (non-hydrogen) atoms. The number of hydrogen-bond acceptors (Lipinski definition) is 3. The zero-order valence-corrected chi connectivity index (χ0v) is 16.8. The van der Waals surface area contributed by atoms with E-state index < -0.39 is 0 Å². The van der Waals surface area contributed by atoms with Gasteiger partial charge in [0, 0.05) is 33.9 Å². The topological polar surface area (TPSA) is 54.9 Å². The highest BCUT2D eigenvalue weighted by molar-refractivity contribution is 14.0. The second kappa shape index (κ2) is 10.1. The smallest absolute Gasteiger partial charge is 0.191 e. The summed E-state index contributed by atoms with van der Waals surface area (Å²) in [4.78, 5) is 4.22. The lowest BCUT2D eigenvalue weighted by atomic mass is 10.0. The number of ether oxygens (including phenoxy) is 2. The minimum absolute atomic E-state index is 0. The van der Waals surface area contributed by atoms with Crippen LogP contribution in [-0.4, -0.2) is 45.4 Å². The normalized spacial score (nSPS) is 21.9. The van der Waals surface area contributed by atoms with E-state index in [9.17, 15) is 4.39 Å². The zero-order chi connectivity index (χ0) is 16.7. The van der Waals surface area contributed by atoms with Crippen LogP contribution < -0.4 is 10.6 Å². The highest BCUT2D eigenvalue weighted by Crippen LogP contribution is 2.23. The van der Waals surface area contributed by atoms with Crippen LogP contribution in [0.5, 0.6) is 0 Å². The number of halogens is 2. The Morgan fingerprint density at radius 2 is 2.08 bits per heavy atom. The summed E-state index contributed by atoms with van der Waals surface area (Å²) in [5.74, 6) is 0.449. The standard InChI is InChI=1S/C17H26FN3O2.HI/c1-17(9-4-10-23-17)12-21-16(19-2)20-11-15(22-3)13-5-7-14(18)8-6-13;/h5-8,15H,4,9-12H2,1-3H3,(H2,19,20,21);1H. The Bertz CT molecular complexity index is 519. The number of hydrogen-bond donors (Lipinski definition) is 2. The van der Waals surface area contributed by atoms with Gasteiger partial charge in [-0.15, -0.1) is 24.0 Å². The fourth-order valence-electron chi connectivity index (χ4n) is 2.67. The van der Waals surface area contributed by atoms with Crippen molar-refractivity contribution in [2.24, 2.45) is 4.99 Å². The van der Waals surface area contributed by atoms with E-state index >= 15 is 0 Å². The van der Waals surface area contributed by atoms with Gasteiger partial charge in [-0.05, 0) is 37.5 Å². The number of aliphatic imine (C=N–C) groups is 1. The van der Waals surface area contributed by atoms with Crippen LogP contribution in [0.1, 0.15) is 31.4 Å².